The molecule has 25 heavy (non-hydrogen) atoms. The zero-order valence-corrected chi connectivity index (χ0v) is 14.5. The van der Waals surface area contributed by atoms with Crippen LogP contribution in [0.5, 0.6) is 0 Å². The van der Waals surface area contributed by atoms with Gasteiger partial charge in [-0.1, -0.05) is 0 Å². The van der Waals surface area contributed by atoms with Crippen molar-refractivity contribution in [2.24, 2.45) is 5.92 Å². The van der Waals surface area contributed by atoms with E-state index < -0.39 is 29.8 Å². The summed E-state index contributed by atoms with van der Waals surface area (Å²) in [7, 11) is 0. The molecule has 0 radical (unpaired) electrons. The van der Waals surface area contributed by atoms with Crippen LogP contribution in [-0.4, -0.2) is 41.1 Å². The molecule has 140 valence electrons. The van der Waals surface area contributed by atoms with Crippen molar-refractivity contribution in [2.45, 2.75) is 45.5 Å². The average molecular weight is 359 g/mol. The molecular formula is C17H24F3N3O2. The van der Waals surface area contributed by atoms with E-state index in [4.69, 9.17) is 0 Å². The maximum Gasteiger partial charge on any atom is 0.421 e. The quantitative estimate of drug-likeness (QED) is 0.876. The van der Waals surface area contributed by atoms with E-state index in [1.165, 1.54) is 6.20 Å². The molecular weight excluding hydrogens is 335 g/mol. The molecule has 2 rings (SSSR count). The van der Waals surface area contributed by atoms with Crippen LogP contribution in [0.4, 0.5) is 13.2 Å². The Balaban J connectivity index is 1.92. The van der Waals surface area contributed by atoms with Crippen molar-refractivity contribution < 1.29 is 18.0 Å². The zero-order valence-electron chi connectivity index (χ0n) is 14.5. The van der Waals surface area contributed by atoms with E-state index in [2.05, 4.69) is 24.1 Å². The molecule has 8 heteroatoms. The summed E-state index contributed by atoms with van der Waals surface area (Å²) in [6.45, 7) is 6.24. The summed E-state index contributed by atoms with van der Waals surface area (Å²) in [4.78, 5) is 26.2. The third kappa shape index (κ3) is 5.32. The predicted molar refractivity (Wildman–Crippen MR) is 88.1 cm³/mol. The van der Waals surface area contributed by atoms with Crippen molar-refractivity contribution in [1.82, 2.24) is 14.8 Å². The minimum Gasteiger partial charge on any atom is -0.354 e. The number of aromatic nitrogens is 1. The Hall–Kier alpha value is -1.83. The maximum atomic E-state index is 12.7. The molecule has 1 aliphatic rings. The second kappa shape index (κ2) is 8.03. The monoisotopic (exact) mass is 359 g/mol. The molecule has 0 aromatic carbocycles. The molecule has 0 bridgehead atoms. The van der Waals surface area contributed by atoms with Crippen molar-refractivity contribution >= 4 is 5.91 Å². The van der Waals surface area contributed by atoms with Crippen molar-refractivity contribution in [3.05, 3.63) is 34.2 Å². The molecule has 1 amide bonds. The van der Waals surface area contributed by atoms with Gasteiger partial charge in [0.1, 0.15) is 12.1 Å². The number of hydrogen-bond donors (Lipinski definition) is 1. The fourth-order valence-electron chi connectivity index (χ4n) is 3.08. The summed E-state index contributed by atoms with van der Waals surface area (Å²) in [5.74, 6) is -0.138. The normalized spacial score (nSPS) is 19.2. The molecule has 5 nitrogen and oxygen atoms in total. The van der Waals surface area contributed by atoms with Gasteiger partial charge in [-0.15, -0.1) is 0 Å². The van der Waals surface area contributed by atoms with Gasteiger partial charge in [-0.2, -0.15) is 13.2 Å². The van der Waals surface area contributed by atoms with Crippen molar-refractivity contribution in [3.63, 3.8) is 0 Å². The number of nitrogens with zero attached hydrogens (tertiary/aromatic N) is 2. The molecule has 1 atom stereocenters. The standard InChI is InChI=1S/C17H24F3N3O2/c1-12(2)22-7-3-5-13(10-22)9-21-15(24)11-23-8-4-6-14(16(23)25)17(18,19)20/h4,6,8,12-13H,3,5,7,9-11H2,1-2H3,(H,21,24)/t13-/m1/s1. The number of piperidine rings is 1. The minimum absolute atomic E-state index is 0.318. The highest BCUT2D eigenvalue weighted by Crippen LogP contribution is 2.25. The first-order valence-corrected chi connectivity index (χ1v) is 8.46. The van der Waals surface area contributed by atoms with Crippen LogP contribution in [0.25, 0.3) is 0 Å². The number of carbonyl (C=O) groups is 1. The van der Waals surface area contributed by atoms with Gasteiger partial charge in [-0.05, 0) is 51.3 Å². The van der Waals surface area contributed by atoms with Gasteiger partial charge < -0.3 is 14.8 Å². The maximum absolute atomic E-state index is 12.7. The summed E-state index contributed by atoms with van der Waals surface area (Å²) in [5.41, 5.74) is -2.46. The summed E-state index contributed by atoms with van der Waals surface area (Å²) in [6.07, 6.45) is -1.46. The first kappa shape index (κ1) is 19.5. The number of carbonyl (C=O) groups excluding carboxylic acids is 1. The first-order valence-electron chi connectivity index (χ1n) is 8.46. The molecule has 0 unspecified atom stereocenters. The third-order valence-corrected chi connectivity index (χ3v) is 4.51. The van der Waals surface area contributed by atoms with E-state index in [-0.39, 0.29) is 0 Å². The first-order chi connectivity index (χ1) is 11.7. The number of amides is 1. The van der Waals surface area contributed by atoms with Gasteiger partial charge in [0.25, 0.3) is 5.56 Å². The Kier molecular flexibility index (Phi) is 6.26. The third-order valence-electron chi connectivity index (χ3n) is 4.51. The summed E-state index contributed by atoms with van der Waals surface area (Å²) in [6, 6.07) is 2.29. The second-order valence-electron chi connectivity index (χ2n) is 6.75. The fourth-order valence-corrected chi connectivity index (χ4v) is 3.08. The highest BCUT2D eigenvalue weighted by molar-refractivity contribution is 5.75. The molecule has 1 fully saturated rings. The second-order valence-corrected chi connectivity index (χ2v) is 6.75. The summed E-state index contributed by atoms with van der Waals surface area (Å²) < 4.78 is 39.0. The zero-order chi connectivity index (χ0) is 18.6. The van der Waals surface area contributed by atoms with Gasteiger partial charge in [-0.25, -0.2) is 0 Å². The molecule has 1 aromatic heterocycles. The number of halogens is 3. The SMILES string of the molecule is CC(C)N1CCC[C@H](CNC(=O)Cn2cccc(C(F)(F)F)c2=O)C1. The lowest BCUT2D eigenvalue weighted by molar-refractivity contribution is -0.139. The number of rotatable bonds is 5. The smallest absolute Gasteiger partial charge is 0.354 e. The van der Waals surface area contributed by atoms with Crippen molar-refractivity contribution in [2.75, 3.05) is 19.6 Å². The van der Waals surface area contributed by atoms with Gasteiger partial charge in [-0.3, -0.25) is 9.59 Å². The lowest BCUT2D eigenvalue weighted by Gasteiger charge is -2.35. The average Bonchev–Trinajstić information content (AvgIpc) is 2.54. The number of nitrogens with one attached hydrogen (secondary N) is 1. The lowest BCUT2D eigenvalue weighted by atomic mass is 9.97. The van der Waals surface area contributed by atoms with Crippen molar-refractivity contribution in [1.29, 1.82) is 0 Å². The van der Waals surface area contributed by atoms with E-state index >= 15 is 0 Å². The number of likely N-dealkylation sites (tertiary alicyclic amines) is 1. The van der Waals surface area contributed by atoms with Crippen LogP contribution in [0.1, 0.15) is 32.3 Å². The molecule has 0 aliphatic carbocycles. The van der Waals surface area contributed by atoms with E-state index in [0.29, 0.717) is 18.5 Å². The van der Waals surface area contributed by atoms with Crippen LogP contribution < -0.4 is 10.9 Å². The van der Waals surface area contributed by atoms with Crippen LogP contribution in [0.2, 0.25) is 0 Å². The topological polar surface area (TPSA) is 54.3 Å². The molecule has 1 aliphatic heterocycles. The number of pyridine rings is 1. The van der Waals surface area contributed by atoms with E-state index in [1.807, 2.05) is 0 Å². The Morgan fingerprint density at radius 2 is 2.12 bits per heavy atom. The van der Waals surface area contributed by atoms with Crippen LogP contribution in [0, 0.1) is 5.92 Å². The summed E-state index contributed by atoms with van der Waals surface area (Å²) in [5, 5.41) is 2.74. The molecule has 2 heterocycles. The van der Waals surface area contributed by atoms with Gasteiger partial charge in [0.05, 0.1) is 0 Å². The Bertz CT molecular complexity index is 655. The lowest BCUT2D eigenvalue weighted by Crippen LogP contribution is -2.44. The molecule has 1 N–H and O–H groups in total. The van der Waals surface area contributed by atoms with Crippen LogP contribution >= 0.6 is 0 Å². The predicted octanol–water partition coefficient (Wildman–Crippen LogP) is 2.10. The van der Waals surface area contributed by atoms with Gasteiger partial charge >= 0.3 is 6.18 Å². The molecule has 0 spiro atoms. The van der Waals surface area contributed by atoms with Crippen LogP contribution in [0.15, 0.2) is 23.1 Å². The highest BCUT2D eigenvalue weighted by Gasteiger charge is 2.34. The van der Waals surface area contributed by atoms with Crippen LogP contribution in [0.3, 0.4) is 0 Å². The van der Waals surface area contributed by atoms with Gasteiger partial charge in [0, 0.05) is 25.3 Å². The molecule has 1 saturated heterocycles. The number of alkyl halides is 3. The van der Waals surface area contributed by atoms with E-state index in [0.717, 1.165) is 42.6 Å². The Morgan fingerprint density at radius 1 is 1.40 bits per heavy atom. The molecule has 1 aromatic rings. The highest BCUT2D eigenvalue weighted by atomic mass is 19.4. The largest absolute Gasteiger partial charge is 0.421 e. The van der Waals surface area contributed by atoms with E-state index in [9.17, 15) is 22.8 Å². The Labute approximate surface area is 144 Å². The molecule has 0 saturated carbocycles. The van der Waals surface area contributed by atoms with Crippen LogP contribution in [-0.2, 0) is 17.5 Å². The van der Waals surface area contributed by atoms with Gasteiger partial charge in [0.15, 0.2) is 0 Å². The summed E-state index contributed by atoms with van der Waals surface area (Å²) >= 11 is 0. The minimum atomic E-state index is -4.72. The fraction of sp³-hybridized carbons (Fsp3) is 0.647. The Morgan fingerprint density at radius 3 is 2.76 bits per heavy atom. The van der Waals surface area contributed by atoms with Crippen molar-refractivity contribution in [3.8, 4) is 0 Å². The number of hydrogen-bond acceptors (Lipinski definition) is 3. The van der Waals surface area contributed by atoms with Gasteiger partial charge in [0.2, 0.25) is 5.91 Å². The van der Waals surface area contributed by atoms with E-state index in [1.54, 1.807) is 0 Å².